The van der Waals surface area contributed by atoms with E-state index in [-0.39, 0.29) is 0 Å². The summed E-state index contributed by atoms with van der Waals surface area (Å²) in [7, 11) is 0. The van der Waals surface area contributed by atoms with Crippen molar-refractivity contribution >= 4 is 39.3 Å². The lowest BCUT2D eigenvalue weighted by Crippen LogP contribution is -2.03. The maximum absolute atomic E-state index is 6.02. The van der Waals surface area contributed by atoms with Gasteiger partial charge in [0.15, 0.2) is 0 Å². The predicted molar refractivity (Wildman–Crippen MR) is 82.5 cm³/mol. The van der Waals surface area contributed by atoms with E-state index in [1.165, 1.54) is 15.4 Å². The summed E-state index contributed by atoms with van der Waals surface area (Å²) >= 11 is 11.2. The third kappa shape index (κ3) is 3.75. The van der Waals surface area contributed by atoms with E-state index in [0.717, 1.165) is 15.9 Å². The number of hydrogen-bond acceptors (Lipinski definition) is 2. The molecule has 0 aliphatic heterocycles. The van der Waals surface area contributed by atoms with Crippen molar-refractivity contribution in [2.45, 2.75) is 16.2 Å². The van der Waals surface area contributed by atoms with E-state index < -0.39 is 0 Å². The minimum absolute atomic E-state index is 0.633. The first-order valence-electron chi connectivity index (χ1n) is 5.61. The normalized spacial score (nSPS) is 10.6. The standard InChI is InChI=1S/C14H13BrClNS/c15-11-1-4-13(5-2-11)18-14-6-3-12(16)9-10(14)7-8-17/h1-6,9H,7-8,17H2. The smallest absolute Gasteiger partial charge is 0.0409 e. The van der Waals surface area contributed by atoms with Gasteiger partial charge in [-0.15, -0.1) is 0 Å². The topological polar surface area (TPSA) is 26.0 Å². The molecule has 2 aromatic carbocycles. The Kier molecular flexibility index (Phi) is 5.13. The van der Waals surface area contributed by atoms with E-state index in [1.807, 2.05) is 24.3 Å². The van der Waals surface area contributed by atoms with Crippen molar-refractivity contribution in [3.05, 3.63) is 57.5 Å². The molecule has 0 radical (unpaired) electrons. The summed E-state index contributed by atoms with van der Waals surface area (Å²) in [5, 5.41) is 0.763. The van der Waals surface area contributed by atoms with Crippen LogP contribution in [0.1, 0.15) is 5.56 Å². The van der Waals surface area contributed by atoms with Gasteiger partial charge in [0, 0.05) is 19.3 Å². The van der Waals surface area contributed by atoms with Crippen LogP contribution in [0.25, 0.3) is 0 Å². The van der Waals surface area contributed by atoms with Gasteiger partial charge in [0.05, 0.1) is 0 Å². The third-order valence-electron chi connectivity index (χ3n) is 2.48. The van der Waals surface area contributed by atoms with Crippen LogP contribution in [0.3, 0.4) is 0 Å². The van der Waals surface area contributed by atoms with Gasteiger partial charge in [0.2, 0.25) is 0 Å². The molecule has 94 valence electrons. The summed E-state index contributed by atoms with van der Waals surface area (Å²) in [5.74, 6) is 0. The average Bonchev–Trinajstić information content (AvgIpc) is 2.36. The van der Waals surface area contributed by atoms with Gasteiger partial charge in [-0.1, -0.05) is 39.3 Å². The molecule has 2 aromatic rings. The van der Waals surface area contributed by atoms with Crippen LogP contribution in [0.4, 0.5) is 0 Å². The monoisotopic (exact) mass is 341 g/mol. The molecule has 0 aliphatic rings. The SMILES string of the molecule is NCCc1cc(Cl)ccc1Sc1ccc(Br)cc1. The van der Waals surface area contributed by atoms with E-state index >= 15 is 0 Å². The molecule has 18 heavy (non-hydrogen) atoms. The number of rotatable bonds is 4. The highest BCUT2D eigenvalue weighted by Gasteiger charge is 2.05. The third-order valence-corrected chi connectivity index (χ3v) is 4.37. The second kappa shape index (κ2) is 6.62. The van der Waals surface area contributed by atoms with Crippen LogP contribution in [0.5, 0.6) is 0 Å². The Labute approximate surface area is 125 Å². The molecule has 0 saturated carbocycles. The minimum Gasteiger partial charge on any atom is -0.330 e. The van der Waals surface area contributed by atoms with Crippen LogP contribution in [-0.4, -0.2) is 6.54 Å². The van der Waals surface area contributed by atoms with Crippen molar-refractivity contribution < 1.29 is 0 Å². The summed E-state index contributed by atoms with van der Waals surface area (Å²) in [4.78, 5) is 2.42. The lowest BCUT2D eigenvalue weighted by molar-refractivity contribution is 0.944. The summed E-state index contributed by atoms with van der Waals surface area (Å²) in [6.45, 7) is 0.633. The number of benzene rings is 2. The van der Waals surface area contributed by atoms with Gasteiger partial charge in [-0.2, -0.15) is 0 Å². The van der Waals surface area contributed by atoms with Crippen molar-refractivity contribution in [2.75, 3.05) is 6.54 Å². The Morgan fingerprint density at radius 3 is 2.50 bits per heavy atom. The molecule has 0 amide bonds. The molecule has 0 aromatic heterocycles. The molecule has 0 fully saturated rings. The molecular formula is C14H13BrClNS. The molecule has 0 spiro atoms. The molecule has 0 bridgehead atoms. The molecule has 0 unspecified atom stereocenters. The van der Waals surface area contributed by atoms with Gasteiger partial charge in [-0.25, -0.2) is 0 Å². The van der Waals surface area contributed by atoms with E-state index in [1.54, 1.807) is 11.8 Å². The van der Waals surface area contributed by atoms with Crippen LogP contribution in [-0.2, 0) is 6.42 Å². The predicted octanol–water partition coefficient (Wildman–Crippen LogP) is 4.75. The zero-order chi connectivity index (χ0) is 13.0. The molecule has 0 aliphatic carbocycles. The van der Waals surface area contributed by atoms with Crippen molar-refractivity contribution in [1.82, 2.24) is 0 Å². The largest absolute Gasteiger partial charge is 0.330 e. The number of nitrogens with two attached hydrogens (primary N) is 1. The molecule has 1 nitrogen and oxygen atoms in total. The molecular weight excluding hydrogens is 330 g/mol. The quantitative estimate of drug-likeness (QED) is 0.867. The summed E-state index contributed by atoms with van der Waals surface area (Å²) in [5.41, 5.74) is 6.84. The van der Waals surface area contributed by atoms with Crippen molar-refractivity contribution in [1.29, 1.82) is 0 Å². The lowest BCUT2D eigenvalue weighted by Gasteiger charge is -2.09. The highest BCUT2D eigenvalue weighted by molar-refractivity contribution is 9.10. The van der Waals surface area contributed by atoms with E-state index in [9.17, 15) is 0 Å². The van der Waals surface area contributed by atoms with Gasteiger partial charge in [-0.05, 0) is 61.0 Å². The molecule has 2 rings (SSSR count). The van der Waals surface area contributed by atoms with E-state index in [2.05, 4.69) is 34.1 Å². The van der Waals surface area contributed by atoms with Crippen LogP contribution >= 0.6 is 39.3 Å². The van der Waals surface area contributed by atoms with E-state index in [4.69, 9.17) is 17.3 Å². The Balaban J connectivity index is 2.25. The fraction of sp³-hybridized carbons (Fsp3) is 0.143. The Morgan fingerprint density at radius 2 is 1.83 bits per heavy atom. The molecule has 4 heteroatoms. The van der Waals surface area contributed by atoms with Gasteiger partial charge in [0.1, 0.15) is 0 Å². The van der Waals surface area contributed by atoms with Gasteiger partial charge in [-0.3, -0.25) is 0 Å². The van der Waals surface area contributed by atoms with Gasteiger partial charge < -0.3 is 5.73 Å². The fourth-order valence-electron chi connectivity index (χ4n) is 1.63. The fourth-order valence-corrected chi connectivity index (χ4v) is 3.04. The first-order chi connectivity index (χ1) is 8.69. The Morgan fingerprint density at radius 1 is 1.11 bits per heavy atom. The maximum Gasteiger partial charge on any atom is 0.0409 e. The first-order valence-corrected chi connectivity index (χ1v) is 7.59. The van der Waals surface area contributed by atoms with Crippen molar-refractivity contribution in [3.8, 4) is 0 Å². The molecule has 0 heterocycles. The van der Waals surface area contributed by atoms with Crippen molar-refractivity contribution in [3.63, 3.8) is 0 Å². The lowest BCUT2D eigenvalue weighted by atomic mass is 10.1. The van der Waals surface area contributed by atoms with Gasteiger partial charge >= 0.3 is 0 Å². The van der Waals surface area contributed by atoms with Crippen LogP contribution in [0.15, 0.2) is 56.7 Å². The molecule has 2 N–H and O–H groups in total. The second-order valence-electron chi connectivity index (χ2n) is 3.85. The zero-order valence-electron chi connectivity index (χ0n) is 9.70. The Hall–Kier alpha value is -0.480. The average molecular weight is 343 g/mol. The van der Waals surface area contributed by atoms with Crippen LogP contribution < -0.4 is 5.73 Å². The molecule has 0 atom stereocenters. The summed E-state index contributed by atoms with van der Waals surface area (Å²) < 4.78 is 1.09. The van der Waals surface area contributed by atoms with Gasteiger partial charge in [0.25, 0.3) is 0 Å². The maximum atomic E-state index is 6.02. The second-order valence-corrected chi connectivity index (χ2v) is 6.31. The highest BCUT2D eigenvalue weighted by Crippen LogP contribution is 2.32. The number of halogens is 2. The Bertz CT molecular complexity index is 528. The zero-order valence-corrected chi connectivity index (χ0v) is 12.9. The summed E-state index contributed by atoms with van der Waals surface area (Å²) in [6, 6.07) is 14.2. The van der Waals surface area contributed by atoms with E-state index in [0.29, 0.717) is 6.54 Å². The van der Waals surface area contributed by atoms with Crippen LogP contribution in [0, 0.1) is 0 Å². The summed E-state index contributed by atoms with van der Waals surface area (Å²) in [6.07, 6.45) is 0.847. The van der Waals surface area contributed by atoms with Crippen LogP contribution in [0.2, 0.25) is 5.02 Å². The van der Waals surface area contributed by atoms with Crippen molar-refractivity contribution in [2.24, 2.45) is 5.73 Å². The minimum atomic E-state index is 0.633. The highest BCUT2D eigenvalue weighted by atomic mass is 79.9. The number of hydrogen-bond donors (Lipinski definition) is 1. The first kappa shape index (κ1) is 13.9. The molecule has 0 saturated heterocycles.